The van der Waals surface area contributed by atoms with Gasteiger partial charge < -0.3 is 0 Å². The second-order valence-corrected chi connectivity index (χ2v) is 4.30. The van der Waals surface area contributed by atoms with E-state index in [1.54, 1.807) is 0 Å². The lowest BCUT2D eigenvalue weighted by atomic mass is 9.95. The number of hydrogen-bond donors (Lipinski definition) is 0. The highest BCUT2D eigenvalue weighted by Gasteiger charge is 2.18. The Bertz CT molecular complexity index is 167. The average molecular weight is 202 g/mol. The smallest absolute Gasteiger partial charge is 0.0443 e. The van der Waals surface area contributed by atoms with Crippen molar-refractivity contribution < 1.29 is 0 Å². The second-order valence-electron chi connectivity index (χ2n) is 4.04. The topological polar surface area (TPSA) is 3.24 Å². The summed E-state index contributed by atoms with van der Waals surface area (Å²) in [6, 6.07) is 0. The summed E-state index contributed by atoms with van der Waals surface area (Å²) >= 11 is 5.72. The molecule has 1 aliphatic rings. The third kappa shape index (κ3) is 3.70. The summed E-state index contributed by atoms with van der Waals surface area (Å²) in [6.07, 6.45) is 4.05. The van der Waals surface area contributed by atoms with E-state index in [9.17, 15) is 0 Å². The Kier molecular flexibility index (Phi) is 4.82. The summed E-state index contributed by atoms with van der Waals surface area (Å²) in [4.78, 5) is 2.49. The average Bonchev–Trinajstić information content (AvgIpc) is 2.18. The summed E-state index contributed by atoms with van der Waals surface area (Å²) in [6.45, 7) is 9.70. The molecule has 0 aromatic carbocycles. The van der Waals surface area contributed by atoms with Gasteiger partial charge in [0.05, 0.1) is 0 Å². The van der Waals surface area contributed by atoms with Crippen molar-refractivity contribution in [1.82, 2.24) is 4.90 Å². The molecule has 1 fully saturated rings. The summed E-state index contributed by atoms with van der Waals surface area (Å²) in [7, 11) is 0. The maximum Gasteiger partial charge on any atom is 0.0443 e. The fourth-order valence-corrected chi connectivity index (χ4v) is 2.07. The standard InChI is InChI=1S/C11H20ClN/c1-3-11-5-4-6-13(9-11)8-10(2)7-12/h11H,2-9H2,1H3. The molecule has 1 saturated heterocycles. The number of rotatable bonds is 4. The van der Waals surface area contributed by atoms with Crippen molar-refractivity contribution in [3.63, 3.8) is 0 Å². The lowest BCUT2D eigenvalue weighted by Gasteiger charge is -2.32. The maximum absolute atomic E-state index is 5.72. The van der Waals surface area contributed by atoms with E-state index in [1.807, 2.05) is 0 Å². The lowest BCUT2D eigenvalue weighted by Crippen LogP contribution is -2.36. The van der Waals surface area contributed by atoms with Crippen molar-refractivity contribution in [2.75, 3.05) is 25.5 Å². The van der Waals surface area contributed by atoms with E-state index in [0.717, 1.165) is 18.0 Å². The summed E-state index contributed by atoms with van der Waals surface area (Å²) in [5.74, 6) is 1.50. The zero-order valence-electron chi connectivity index (χ0n) is 8.56. The highest BCUT2D eigenvalue weighted by atomic mass is 35.5. The molecule has 0 aliphatic carbocycles. The van der Waals surface area contributed by atoms with Gasteiger partial charge in [-0.25, -0.2) is 0 Å². The Morgan fingerprint density at radius 1 is 1.62 bits per heavy atom. The van der Waals surface area contributed by atoms with Crippen molar-refractivity contribution in [1.29, 1.82) is 0 Å². The van der Waals surface area contributed by atoms with E-state index in [2.05, 4.69) is 18.4 Å². The number of likely N-dealkylation sites (tertiary alicyclic amines) is 1. The normalized spacial score (nSPS) is 24.6. The van der Waals surface area contributed by atoms with Crippen molar-refractivity contribution >= 4 is 11.6 Å². The van der Waals surface area contributed by atoms with Crippen LogP contribution in [0, 0.1) is 5.92 Å². The third-order valence-electron chi connectivity index (χ3n) is 2.82. The van der Waals surface area contributed by atoms with Gasteiger partial charge in [-0.2, -0.15) is 0 Å². The molecule has 1 nitrogen and oxygen atoms in total. The Labute approximate surface area is 86.8 Å². The number of hydrogen-bond acceptors (Lipinski definition) is 1. The molecule has 1 rings (SSSR count). The molecule has 76 valence electrons. The van der Waals surface area contributed by atoms with Crippen LogP contribution in [-0.2, 0) is 0 Å². The first kappa shape index (κ1) is 11.1. The Balaban J connectivity index is 2.29. The molecule has 0 spiro atoms. The van der Waals surface area contributed by atoms with E-state index in [0.29, 0.717) is 5.88 Å². The summed E-state index contributed by atoms with van der Waals surface area (Å²) in [5, 5.41) is 0. The van der Waals surface area contributed by atoms with Crippen LogP contribution < -0.4 is 0 Å². The third-order valence-corrected chi connectivity index (χ3v) is 3.19. The minimum atomic E-state index is 0.604. The van der Waals surface area contributed by atoms with Crippen LogP contribution in [0.15, 0.2) is 12.2 Å². The summed E-state index contributed by atoms with van der Waals surface area (Å²) < 4.78 is 0. The van der Waals surface area contributed by atoms with E-state index in [4.69, 9.17) is 11.6 Å². The first-order valence-electron chi connectivity index (χ1n) is 5.21. The lowest BCUT2D eigenvalue weighted by molar-refractivity contribution is 0.184. The molecule has 1 unspecified atom stereocenters. The predicted molar refractivity (Wildman–Crippen MR) is 59.3 cm³/mol. The molecule has 0 radical (unpaired) electrons. The first-order valence-corrected chi connectivity index (χ1v) is 5.74. The van der Waals surface area contributed by atoms with Crippen molar-refractivity contribution in [2.45, 2.75) is 26.2 Å². The highest BCUT2D eigenvalue weighted by molar-refractivity contribution is 6.19. The van der Waals surface area contributed by atoms with Crippen molar-refractivity contribution in [3.05, 3.63) is 12.2 Å². The highest BCUT2D eigenvalue weighted by Crippen LogP contribution is 2.19. The van der Waals surface area contributed by atoms with Gasteiger partial charge in [0.2, 0.25) is 0 Å². The zero-order chi connectivity index (χ0) is 9.68. The van der Waals surface area contributed by atoms with E-state index >= 15 is 0 Å². The molecule has 2 heteroatoms. The van der Waals surface area contributed by atoms with Gasteiger partial charge in [-0.1, -0.05) is 19.9 Å². The molecule has 1 atom stereocenters. The molecular formula is C11H20ClN. The molecule has 0 aromatic heterocycles. The molecule has 0 aromatic rings. The van der Waals surface area contributed by atoms with Crippen LogP contribution in [0.2, 0.25) is 0 Å². The molecule has 0 amide bonds. The monoisotopic (exact) mass is 201 g/mol. The van der Waals surface area contributed by atoms with Crippen LogP contribution in [-0.4, -0.2) is 30.4 Å². The maximum atomic E-state index is 5.72. The second kappa shape index (κ2) is 5.66. The zero-order valence-corrected chi connectivity index (χ0v) is 9.32. The summed E-state index contributed by atoms with van der Waals surface area (Å²) in [5.41, 5.74) is 1.15. The number of halogens is 1. The van der Waals surface area contributed by atoms with Gasteiger partial charge in [-0.3, -0.25) is 4.90 Å². The van der Waals surface area contributed by atoms with Gasteiger partial charge in [0.25, 0.3) is 0 Å². The largest absolute Gasteiger partial charge is 0.299 e. The predicted octanol–water partition coefficient (Wildman–Crippen LogP) is 2.90. The van der Waals surface area contributed by atoms with Crippen LogP contribution in [0.1, 0.15) is 26.2 Å². The minimum absolute atomic E-state index is 0.604. The number of piperidine rings is 1. The van der Waals surface area contributed by atoms with Crippen LogP contribution in [0.4, 0.5) is 0 Å². The Hall–Kier alpha value is -0.0100. The molecule has 0 N–H and O–H groups in total. The van der Waals surface area contributed by atoms with Crippen LogP contribution >= 0.6 is 11.6 Å². The van der Waals surface area contributed by atoms with E-state index in [-0.39, 0.29) is 0 Å². The van der Waals surface area contributed by atoms with Crippen LogP contribution in [0.3, 0.4) is 0 Å². The van der Waals surface area contributed by atoms with Crippen LogP contribution in [0.5, 0.6) is 0 Å². The van der Waals surface area contributed by atoms with Gasteiger partial charge in [-0.05, 0) is 30.9 Å². The van der Waals surface area contributed by atoms with E-state index in [1.165, 1.54) is 32.4 Å². The van der Waals surface area contributed by atoms with Gasteiger partial charge in [0.1, 0.15) is 0 Å². The number of alkyl halides is 1. The fourth-order valence-electron chi connectivity index (χ4n) is 1.99. The Morgan fingerprint density at radius 3 is 3.00 bits per heavy atom. The molecule has 0 saturated carbocycles. The number of nitrogens with zero attached hydrogens (tertiary/aromatic N) is 1. The quantitative estimate of drug-likeness (QED) is 0.500. The molecule has 1 aliphatic heterocycles. The molecular weight excluding hydrogens is 182 g/mol. The van der Waals surface area contributed by atoms with Gasteiger partial charge in [0.15, 0.2) is 0 Å². The fraction of sp³-hybridized carbons (Fsp3) is 0.818. The van der Waals surface area contributed by atoms with Crippen molar-refractivity contribution in [2.24, 2.45) is 5.92 Å². The molecule has 0 bridgehead atoms. The Morgan fingerprint density at radius 2 is 2.38 bits per heavy atom. The van der Waals surface area contributed by atoms with Gasteiger partial charge in [-0.15, -0.1) is 11.6 Å². The van der Waals surface area contributed by atoms with Gasteiger partial charge >= 0.3 is 0 Å². The van der Waals surface area contributed by atoms with Crippen LogP contribution in [0.25, 0.3) is 0 Å². The van der Waals surface area contributed by atoms with Crippen molar-refractivity contribution in [3.8, 4) is 0 Å². The van der Waals surface area contributed by atoms with E-state index < -0.39 is 0 Å². The SMILES string of the molecule is C=C(CCl)CN1CCCC(CC)C1. The first-order chi connectivity index (χ1) is 6.26. The van der Waals surface area contributed by atoms with Gasteiger partial charge in [0, 0.05) is 19.0 Å². The molecule has 13 heavy (non-hydrogen) atoms. The molecule has 1 heterocycles. The minimum Gasteiger partial charge on any atom is -0.299 e.